The maximum absolute atomic E-state index is 13.5. The van der Waals surface area contributed by atoms with E-state index < -0.39 is 29.5 Å². The van der Waals surface area contributed by atoms with Crippen molar-refractivity contribution in [1.82, 2.24) is 10.2 Å². The first-order chi connectivity index (χ1) is 10.6. The van der Waals surface area contributed by atoms with Gasteiger partial charge in [0.1, 0.15) is 11.8 Å². The molecular formula is C14H17ClF6N2O. The van der Waals surface area contributed by atoms with Gasteiger partial charge in [-0.3, -0.25) is 4.90 Å². The number of piperazine rings is 1. The van der Waals surface area contributed by atoms with E-state index in [1.54, 1.807) is 0 Å². The molecule has 1 aromatic carbocycles. The average Bonchev–Trinajstić information content (AvgIpc) is 2.46. The molecule has 0 bridgehead atoms. The Labute approximate surface area is 141 Å². The summed E-state index contributed by atoms with van der Waals surface area (Å²) in [7, 11) is 1.16. The van der Waals surface area contributed by atoms with Crippen LogP contribution < -0.4 is 10.1 Å². The second-order valence-corrected chi connectivity index (χ2v) is 5.18. The number of ether oxygens (including phenoxy) is 1. The van der Waals surface area contributed by atoms with Gasteiger partial charge in [0.25, 0.3) is 0 Å². The topological polar surface area (TPSA) is 24.5 Å². The van der Waals surface area contributed by atoms with Crippen LogP contribution in [-0.4, -0.2) is 44.4 Å². The molecule has 1 N–H and O–H groups in total. The second-order valence-electron chi connectivity index (χ2n) is 5.18. The molecule has 1 aliphatic heterocycles. The van der Waals surface area contributed by atoms with E-state index in [1.165, 1.54) is 0 Å². The van der Waals surface area contributed by atoms with Gasteiger partial charge in [-0.25, -0.2) is 0 Å². The first-order valence-electron chi connectivity index (χ1n) is 6.91. The molecule has 0 unspecified atom stereocenters. The Kier molecular flexibility index (Phi) is 6.77. The standard InChI is InChI=1S/C14H16F6N2O.ClH/c1-23-9-2-3-10(11(8-9)13(15,16)17)12(14(18,19)20)22-6-4-21-5-7-22;/h2-3,8,12,21H,4-7H2,1H3;1H/t12-;/m0./s1. The summed E-state index contributed by atoms with van der Waals surface area (Å²) in [6.07, 6.45) is -9.71. The van der Waals surface area contributed by atoms with Crippen LogP contribution in [0, 0.1) is 0 Å². The van der Waals surface area contributed by atoms with Crippen LogP contribution in [0.1, 0.15) is 17.2 Å². The van der Waals surface area contributed by atoms with Crippen molar-refractivity contribution in [3.63, 3.8) is 0 Å². The van der Waals surface area contributed by atoms with Gasteiger partial charge in [0.05, 0.1) is 12.7 Å². The van der Waals surface area contributed by atoms with Crippen LogP contribution in [0.3, 0.4) is 0 Å². The second kappa shape index (κ2) is 7.79. The lowest BCUT2D eigenvalue weighted by atomic mass is 9.97. The van der Waals surface area contributed by atoms with Crippen LogP contribution in [0.5, 0.6) is 5.75 Å². The molecule has 0 saturated carbocycles. The lowest BCUT2D eigenvalue weighted by molar-refractivity contribution is -0.190. The van der Waals surface area contributed by atoms with Crippen molar-refractivity contribution in [1.29, 1.82) is 0 Å². The highest BCUT2D eigenvalue weighted by Crippen LogP contribution is 2.44. The molecule has 1 heterocycles. The Balaban J connectivity index is 0.00000288. The summed E-state index contributed by atoms with van der Waals surface area (Å²) in [5.41, 5.74) is -2.12. The number of alkyl halides is 6. The number of nitrogens with zero attached hydrogens (tertiary/aromatic N) is 1. The number of hydrogen-bond donors (Lipinski definition) is 1. The van der Waals surface area contributed by atoms with Gasteiger partial charge in [0.15, 0.2) is 0 Å². The van der Waals surface area contributed by atoms with E-state index in [4.69, 9.17) is 4.74 Å². The summed E-state index contributed by atoms with van der Waals surface area (Å²) < 4.78 is 84.8. The Morgan fingerprint density at radius 3 is 2.12 bits per heavy atom. The van der Waals surface area contributed by atoms with E-state index in [0.717, 1.165) is 24.1 Å². The van der Waals surface area contributed by atoms with Crippen LogP contribution >= 0.6 is 12.4 Å². The third kappa shape index (κ3) is 4.67. The number of methoxy groups -OCH3 is 1. The Bertz CT molecular complexity index is 543. The first kappa shape index (κ1) is 20.9. The minimum absolute atomic E-state index is 0. The summed E-state index contributed by atoms with van der Waals surface area (Å²) in [5.74, 6) is -0.137. The third-order valence-corrected chi connectivity index (χ3v) is 3.69. The Hall–Kier alpha value is -1.19. The third-order valence-electron chi connectivity index (χ3n) is 3.69. The molecule has 0 spiro atoms. The number of nitrogens with one attached hydrogen (secondary N) is 1. The van der Waals surface area contributed by atoms with Gasteiger partial charge in [0.2, 0.25) is 0 Å². The highest BCUT2D eigenvalue weighted by Gasteiger charge is 2.48. The molecule has 10 heteroatoms. The normalized spacial score (nSPS) is 18.0. The maximum Gasteiger partial charge on any atom is 0.416 e. The molecule has 1 fully saturated rings. The summed E-state index contributed by atoms with van der Waals surface area (Å²) in [6.45, 7) is 0.634. The molecule has 1 atom stereocenters. The van der Waals surface area contributed by atoms with Crippen molar-refractivity contribution in [2.75, 3.05) is 33.3 Å². The summed E-state index contributed by atoms with van der Waals surface area (Å²) in [4.78, 5) is 1.02. The summed E-state index contributed by atoms with van der Waals surface area (Å²) in [6, 6.07) is 0.274. The SMILES string of the molecule is COc1ccc([C@H](N2CCNCC2)C(F)(F)F)c(C(F)(F)F)c1.Cl. The van der Waals surface area contributed by atoms with Crippen molar-refractivity contribution >= 4 is 12.4 Å². The van der Waals surface area contributed by atoms with Crippen LogP contribution in [0.2, 0.25) is 0 Å². The van der Waals surface area contributed by atoms with Crippen LogP contribution in [0.25, 0.3) is 0 Å². The van der Waals surface area contributed by atoms with E-state index in [9.17, 15) is 26.3 Å². The monoisotopic (exact) mass is 378 g/mol. The zero-order valence-electron chi connectivity index (χ0n) is 12.7. The van der Waals surface area contributed by atoms with Crippen molar-refractivity contribution in [2.45, 2.75) is 18.4 Å². The van der Waals surface area contributed by atoms with Crippen molar-refractivity contribution < 1.29 is 31.1 Å². The minimum atomic E-state index is -4.90. The number of rotatable bonds is 3. The molecule has 0 aromatic heterocycles. The highest BCUT2D eigenvalue weighted by molar-refractivity contribution is 5.85. The quantitative estimate of drug-likeness (QED) is 0.813. The van der Waals surface area contributed by atoms with Gasteiger partial charge in [-0.1, -0.05) is 6.07 Å². The molecule has 0 aliphatic carbocycles. The first-order valence-corrected chi connectivity index (χ1v) is 6.91. The minimum Gasteiger partial charge on any atom is -0.497 e. The van der Waals surface area contributed by atoms with Crippen LogP contribution in [0.4, 0.5) is 26.3 Å². The van der Waals surface area contributed by atoms with Gasteiger partial charge in [-0.15, -0.1) is 12.4 Å². The molecule has 0 amide bonds. The largest absolute Gasteiger partial charge is 0.497 e. The number of halogens is 7. The molecule has 1 aliphatic rings. The average molecular weight is 379 g/mol. The zero-order valence-corrected chi connectivity index (χ0v) is 13.5. The number of benzene rings is 1. The van der Waals surface area contributed by atoms with Crippen molar-refractivity contribution in [3.8, 4) is 5.75 Å². The van der Waals surface area contributed by atoms with Gasteiger partial charge >= 0.3 is 12.4 Å². The molecule has 0 radical (unpaired) electrons. The maximum atomic E-state index is 13.5. The van der Waals surface area contributed by atoms with Crippen molar-refractivity contribution in [2.24, 2.45) is 0 Å². The summed E-state index contributed by atoms with van der Waals surface area (Å²) in [5, 5.41) is 2.88. The summed E-state index contributed by atoms with van der Waals surface area (Å²) >= 11 is 0. The zero-order chi connectivity index (χ0) is 17.3. The molecule has 138 valence electrons. The molecule has 1 aromatic rings. The predicted octanol–water partition coefficient (Wildman–Crippen LogP) is 3.64. The Morgan fingerprint density at radius 2 is 1.67 bits per heavy atom. The van der Waals surface area contributed by atoms with Crippen molar-refractivity contribution in [3.05, 3.63) is 29.3 Å². The van der Waals surface area contributed by atoms with Crippen LogP contribution in [-0.2, 0) is 6.18 Å². The predicted molar refractivity (Wildman–Crippen MR) is 78.5 cm³/mol. The van der Waals surface area contributed by atoms with E-state index in [2.05, 4.69) is 5.32 Å². The van der Waals surface area contributed by atoms with E-state index >= 15 is 0 Å². The lowest BCUT2D eigenvalue weighted by Gasteiger charge is -2.37. The Morgan fingerprint density at radius 1 is 1.08 bits per heavy atom. The van der Waals surface area contributed by atoms with Gasteiger partial charge < -0.3 is 10.1 Å². The fraction of sp³-hybridized carbons (Fsp3) is 0.571. The van der Waals surface area contributed by atoms with Crippen LogP contribution in [0.15, 0.2) is 18.2 Å². The fourth-order valence-electron chi connectivity index (χ4n) is 2.67. The number of hydrogen-bond acceptors (Lipinski definition) is 3. The van der Waals surface area contributed by atoms with Gasteiger partial charge in [0, 0.05) is 26.2 Å². The van der Waals surface area contributed by atoms with E-state index in [1.807, 2.05) is 0 Å². The highest BCUT2D eigenvalue weighted by atomic mass is 35.5. The fourth-order valence-corrected chi connectivity index (χ4v) is 2.67. The molecular weight excluding hydrogens is 362 g/mol. The molecule has 1 saturated heterocycles. The molecule has 24 heavy (non-hydrogen) atoms. The molecule has 2 rings (SSSR count). The smallest absolute Gasteiger partial charge is 0.416 e. The lowest BCUT2D eigenvalue weighted by Crippen LogP contribution is -2.49. The van der Waals surface area contributed by atoms with E-state index in [0.29, 0.717) is 19.2 Å². The van der Waals surface area contributed by atoms with Gasteiger partial charge in [-0.2, -0.15) is 26.3 Å². The molecule has 3 nitrogen and oxygen atoms in total. The van der Waals surface area contributed by atoms with Gasteiger partial charge in [-0.05, 0) is 17.7 Å². The van der Waals surface area contributed by atoms with E-state index in [-0.39, 0.29) is 31.2 Å².